The van der Waals surface area contributed by atoms with E-state index in [-0.39, 0.29) is 11.7 Å². The van der Waals surface area contributed by atoms with Crippen molar-refractivity contribution in [1.82, 2.24) is 15.1 Å². The van der Waals surface area contributed by atoms with E-state index in [0.29, 0.717) is 35.8 Å². The molecular weight excluding hydrogens is 407 g/mol. The summed E-state index contributed by atoms with van der Waals surface area (Å²) in [4.78, 5) is 12.8. The summed E-state index contributed by atoms with van der Waals surface area (Å²) >= 11 is 0. The van der Waals surface area contributed by atoms with E-state index in [1.54, 1.807) is 29.2 Å². The van der Waals surface area contributed by atoms with Gasteiger partial charge in [-0.15, -0.1) is 0 Å². The molecule has 3 aromatic rings. The molecule has 2 aromatic carbocycles. The smallest absolute Gasteiger partial charge is 0.255 e. The van der Waals surface area contributed by atoms with Crippen LogP contribution in [0, 0.1) is 5.82 Å². The van der Waals surface area contributed by atoms with Gasteiger partial charge in [-0.2, -0.15) is 5.10 Å². The van der Waals surface area contributed by atoms with Crippen molar-refractivity contribution < 1.29 is 13.9 Å². The van der Waals surface area contributed by atoms with Crippen LogP contribution in [0.15, 0.2) is 60.9 Å². The van der Waals surface area contributed by atoms with Crippen molar-refractivity contribution in [2.45, 2.75) is 43.8 Å². The van der Waals surface area contributed by atoms with Gasteiger partial charge in [-0.05, 0) is 54.7 Å². The summed E-state index contributed by atoms with van der Waals surface area (Å²) in [5, 5.41) is 11.0. The van der Waals surface area contributed by atoms with Gasteiger partial charge in [-0.3, -0.25) is 9.48 Å². The zero-order valence-electron chi connectivity index (χ0n) is 17.8. The number of ether oxygens (including phenoxy) is 1. The molecule has 6 nitrogen and oxygen atoms in total. The van der Waals surface area contributed by atoms with Gasteiger partial charge in [0.1, 0.15) is 5.82 Å². The highest BCUT2D eigenvalue weighted by Crippen LogP contribution is 2.41. The minimum atomic E-state index is -0.263. The zero-order chi connectivity index (χ0) is 21.9. The highest BCUT2D eigenvalue weighted by molar-refractivity contribution is 6.04. The van der Waals surface area contributed by atoms with Gasteiger partial charge in [0.05, 0.1) is 18.4 Å². The van der Waals surface area contributed by atoms with Crippen molar-refractivity contribution in [3.05, 3.63) is 83.4 Å². The molecule has 5 rings (SSSR count). The lowest BCUT2D eigenvalue weighted by Crippen LogP contribution is -2.36. The van der Waals surface area contributed by atoms with Crippen molar-refractivity contribution in [1.29, 1.82) is 0 Å². The Balaban J connectivity index is 1.17. The van der Waals surface area contributed by atoms with Crippen LogP contribution in [0.25, 0.3) is 0 Å². The Morgan fingerprint density at radius 1 is 1.16 bits per heavy atom. The normalized spacial score (nSPS) is 20.8. The second kappa shape index (κ2) is 9.22. The Hall–Kier alpha value is -3.03. The number of anilines is 1. The number of aromatic nitrogens is 2. The average molecular weight is 435 g/mol. The lowest BCUT2D eigenvalue weighted by molar-refractivity contribution is 0.0774. The van der Waals surface area contributed by atoms with E-state index in [9.17, 15) is 9.18 Å². The highest BCUT2D eigenvalue weighted by atomic mass is 19.1. The zero-order valence-corrected chi connectivity index (χ0v) is 17.8. The van der Waals surface area contributed by atoms with E-state index < -0.39 is 0 Å². The van der Waals surface area contributed by atoms with Gasteiger partial charge in [0, 0.05) is 43.0 Å². The van der Waals surface area contributed by atoms with Gasteiger partial charge < -0.3 is 15.4 Å². The van der Waals surface area contributed by atoms with E-state index in [2.05, 4.69) is 21.8 Å². The van der Waals surface area contributed by atoms with Gasteiger partial charge >= 0.3 is 0 Å². The quantitative estimate of drug-likeness (QED) is 0.591. The number of halogens is 1. The Morgan fingerprint density at radius 2 is 1.97 bits per heavy atom. The van der Waals surface area contributed by atoms with Crippen molar-refractivity contribution in [3.63, 3.8) is 0 Å². The Bertz CT molecular complexity index is 1080. The third kappa shape index (κ3) is 5.06. The molecule has 1 aliphatic carbocycles. The molecule has 0 spiro atoms. The van der Waals surface area contributed by atoms with Crippen LogP contribution in [0.1, 0.15) is 46.7 Å². The van der Waals surface area contributed by atoms with Gasteiger partial charge in [-0.25, -0.2) is 4.39 Å². The monoisotopic (exact) mass is 434 g/mol. The van der Waals surface area contributed by atoms with Crippen LogP contribution in [-0.2, 0) is 11.3 Å². The fourth-order valence-corrected chi connectivity index (χ4v) is 4.32. The molecule has 2 atom stereocenters. The van der Waals surface area contributed by atoms with Crippen LogP contribution in [0.2, 0.25) is 0 Å². The summed E-state index contributed by atoms with van der Waals surface area (Å²) in [6, 6.07) is 15.2. The fraction of sp³-hybridized carbons (Fsp3) is 0.360. The lowest BCUT2D eigenvalue weighted by Gasteiger charge is -2.23. The molecule has 1 amide bonds. The van der Waals surface area contributed by atoms with Crippen LogP contribution in [0.3, 0.4) is 0 Å². The first-order chi connectivity index (χ1) is 15.6. The van der Waals surface area contributed by atoms with Crippen LogP contribution >= 0.6 is 0 Å². The number of nitrogens with zero attached hydrogens (tertiary/aromatic N) is 2. The van der Waals surface area contributed by atoms with Crippen molar-refractivity contribution in [2.75, 3.05) is 18.5 Å². The lowest BCUT2D eigenvalue weighted by atomic mass is 10.1. The largest absolute Gasteiger partial charge is 0.381 e. The number of nitrogens with one attached hydrogen (secondary N) is 2. The molecule has 1 saturated heterocycles. The van der Waals surface area contributed by atoms with Crippen LogP contribution in [0.4, 0.5) is 10.1 Å². The maximum absolute atomic E-state index is 13.1. The van der Waals surface area contributed by atoms with Crippen molar-refractivity contribution >= 4 is 11.6 Å². The third-order valence-electron chi connectivity index (χ3n) is 6.19. The predicted octanol–water partition coefficient (Wildman–Crippen LogP) is 3.95. The number of hydrogen-bond donors (Lipinski definition) is 2. The molecule has 32 heavy (non-hydrogen) atoms. The van der Waals surface area contributed by atoms with Crippen LogP contribution in [0.5, 0.6) is 0 Å². The molecule has 0 radical (unpaired) electrons. The van der Waals surface area contributed by atoms with E-state index >= 15 is 0 Å². The summed E-state index contributed by atoms with van der Waals surface area (Å²) in [5.41, 5.74) is 3.42. The first kappa shape index (κ1) is 20.8. The molecule has 7 heteroatoms. The number of amides is 1. The Labute approximate surface area is 186 Å². The second-order valence-electron chi connectivity index (χ2n) is 8.63. The van der Waals surface area contributed by atoms with Gasteiger partial charge in [0.2, 0.25) is 0 Å². The topological polar surface area (TPSA) is 68.2 Å². The summed E-state index contributed by atoms with van der Waals surface area (Å²) < 4.78 is 20.2. The van der Waals surface area contributed by atoms with E-state index in [4.69, 9.17) is 4.74 Å². The molecule has 1 aromatic heterocycles. The molecule has 2 fully saturated rings. The molecular formula is C25H27FN4O2. The van der Waals surface area contributed by atoms with E-state index in [1.165, 1.54) is 17.7 Å². The molecule has 1 aliphatic heterocycles. The molecule has 2 N–H and O–H groups in total. The fourth-order valence-electron chi connectivity index (χ4n) is 4.32. The highest BCUT2D eigenvalue weighted by Gasteiger charge is 2.39. The van der Waals surface area contributed by atoms with Gasteiger partial charge in [-0.1, -0.05) is 24.3 Å². The molecule has 2 heterocycles. The molecule has 166 valence electrons. The molecule has 0 unspecified atom stereocenters. The number of rotatable bonds is 7. The molecule has 0 bridgehead atoms. The molecule has 2 aliphatic rings. The van der Waals surface area contributed by atoms with Gasteiger partial charge in [0.25, 0.3) is 5.91 Å². The Kier molecular flexibility index (Phi) is 6.01. The minimum Gasteiger partial charge on any atom is -0.381 e. The van der Waals surface area contributed by atoms with Crippen molar-refractivity contribution in [3.8, 4) is 0 Å². The second-order valence-corrected chi connectivity index (χ2v) is 8.63. The predicted molar refractivity (Wildman–Crippen MR) is 120 cm³/mol. The Morgan fingerprint density at radius 3 is 2.78 bits per heavy atom. The molecule has 1 saturated carbocycles. The SMILES string of the molecule is O=C(Nc1cnn(Cc2ccc(F)cc2)c1)c1cccc([C@@H]2C[C@H]2NC2CCOCC2)c1. The first-order valence-corrected chi connectivity index (χ1v) is 11.2. The van der Waals surface area contributed by atoms with Crippen molar-refractivity contribution in [2.24, 2.45) is 0 Å². The third-order valence-corrected chi connectivity index (χ3v) is 6.19. The average Bonchev–Trinajstić information content (AvgIpc) is 3.45. The standard InChI is InChI=1S/C25H27FN4O2/c26-20-6-4-17(5-7-20)15-30-16-22(14-27-30)29-25(31)19-3-1-2-18(12-19)23-13-24(23)28-21-8-10-32-11-9-21/h1-7,12,14,16,21,23-24,28H,8-11,13,15H2,(H,29,31)/t23-,24+/m0/s1. The number of carbonyl (C=O) groups excluding carboxylic acids is 1. The summed E-state index contributed by atoms with van der Waals surface area (Å²) in [6.45, 7) is 2.19. The first-order valence-electron chi connectivity index (χ1n) is 11.2. The number of carbonyl (C=O) groups is 1. The summed E-state index contributed by atoms with van der Waals surface area (Å²) in [5.74, 6) is 0.0492. The minimum absolute atomic E-state index is 0.150. The maximum atomic E-state index is 13.1. The van der Waals surface area contributed by atoms with E-state index in [0.717, 1.165) is 38.0 Å². The van der Waals surface area contributed by atoms with Crippen LogP contribution < -0.4 is 10.6 Å². The summed E-state index contributed by atoms with van der Waals surface area (Å²) in [7, 11) is 0. The number of hydrogen-bond acceptors (Lipinski definition) is 4. The summed E-state index contributed by atoms with van der Waals surface area (Å²) in [6.07, 6.45) is 6.65. The van der Waals surface area contributed by atoms with Crippen LogP contribution in [-0.4, -0.2) is 41.0 Å². The maximum Gasteiger partial charge on any atom is 0.255 e. The van der Waals surface area contributed by atoms with Gasteiger partial charge in [0.15, 0.2) is 0 Å². The number of benzene rings is 2. The van der Waals surface area contributed by atoms with E-state index in [1.807, 2.05) is 18.2 Å².